The second-order valence-corrected chi connectivity index (χ2v) is 12.5. The quantitative estimate of drug-likeness (QED) is 0.503. The van der Waals surface area contributed by atoms with Crippen LogP contribution in [0.5, 0.6) is 5.75 Å². The molecule has 2 aromatic carbocycles. The third-order valence-corrected chi connectivity index (χ3v) is 10.3. The third kappa shape index (κ3) is 5.92. The van der Waals surface area contributed by atoms with E-state index >= 15 is 0 Å². The van der Waals surface area contributed by atoms with Gasteiger partial charge in [0.25, 0.3) is 0 Å². The van der Waals surface area contributed by atoms with Crippen molar-refractivity contribution in [3.8, 4) is 5.75 Å². The topological polar surface area (TPSA) is 92.8 Å². The summed E-state index contributed by atoms with van der Waals surface area (Å²) >= 11 is 0. The summed E-state index contributed by atoms with van der Waals surface area (Å²) in [5.41, 5.74) is 1.02. The minimum atomic E-state index is -3.97. The summed E-state index contributed by atoms with van der Waals surface area (Å²) in [5.74, 6) is -0.532. The van der Waals surface area contributed by atoms with E-state index in [1.807, 2.05) is 38.1 Å². The molecule has 1 aliphatic heterocycles. The molecule has 1 N–H and O–H groups in total. The Labute approximate surface area is 195 Å². The van der Waals surface area contributed by atoms with Crippen LogP contribution in [0.1, 0.15) is 25.5 Å². The Hall–Kier alpha value is -2.01. The molecule has 2 aromatic rings. The maximum Gasteiger partial charge on any atom is 0.183 e. The minimum Gasteiger partial charge on any atom is -0.497 e. The van der Waals surface area contributed by atoms with E-state index in [4.69, 9.17) is 4.74 Å². The number of ether oxygens (including phenoxy) is 1. The number of rotatable bonds is 10. The molecule has 0 bridgehead atoms. The summed E-state index contributed by atoms with van der Waals surface area (Å²) in [7, 11) is -5.91. The van der Waals surface area contributed by atoms with Crippen LogP contribution < -0.4 is 10.1 Å². The van der Waals surface area contributed by atoms with Crippen molar-refractivity contribution in [3.63, 3.8) is 0 Å². The van der Waals surface area contributed by atoms with E-state index in [0.717, 1.165) is 36.5 Å². The standard InChI is InChI=1S/C23H31FN2O5S2/c1-4-26(5-2)22(17-6-10-19(31-3)11-7-17)14-25-21-15-32(27,28)16-23(21)33(29,30)20-12-8-18(24)9-13-20/h6-13,21-23,25H,4-5,14-16H2,1-3H3/t21-,22?,23-/m0/s1. The first-order chi connectivity index (χ1) is 15.6. The van der Waals surface area contributed by atoms with Gasteiger partial charge in [0.1, 0.15) is 11.6 Å². The van der Waals surface area contributed by atoms with Gasteiger partial charge in [-0.25, -0.2) is 21.2 Å². The normalized spacial score (nSPS) is 21.2. The molecule has 1 heterocycles. The summed E-state index contributed by atoms with van der Waals surface area (Å²) in [6.07, 6.45) is 0. The zero-order valence-electron chi connectivity index (χ0n) is 19.1. The minimum absolute atomic E-state index is 0.0757. The van der Waals surface area contributed by atoms with E-state index in [9.17, 15) is 21.2 Å². The highest BCUT2D eigenvalue weighted by atomic mass is 32.2. The van der Waals surface area contributed by atoms with Crippen LogP contribution in [0.2, 0.25) is 0 Å². The van der Waals surface area contributed by atoms with Crippen molar-refractivity contribution in [1.82, 2.24) is 10.2 Å². The van der Waals surface area contributed by atoms with Crippen LogP contribution in [0.4, 0.5) is 4.39 Å². The van der Waals surface area contributed by atoms with Gasteiger partial charge in [-0.15, -0.1) is 0 Å². The van der Waals surface area contributed by atoms with Crippen molar-refractivity contribution in [1.29, 1.82) is 0 Å². The molecule has 0 aliphatic carbocycles. The molecule has 0 amide bonds. The van der Waals surface area contributed by atoms with Crippen molar-refractivity contribution in [2.24, 2.45) is 0 Å². The van der Waals surface area contributed by atoms with Gasteiger partial charge < -0.3 is 10.1 Å². The molecule has 3 rings (SSSR count). The Morgan fingerprint density at radius 1 is 1.06 bits per heavy atom. The van der Waals surface area contributed by atoms with Crippen LogP contribution in [-0.2, 0) is 19.7 Å². The molecule has 1 aliphatic rings. The highest BCUT2D eigenvalue weighted by Gasteiger charge is 2.46. The van der Waals surface area contributed by atoms with Gasteiger partial charge in [0, 0.05) is 18.6 Å². The smallest absolute Gasteiger partial charge is 0.183 e. The molecule has 7 nitrogen and oxygen atoms in total. The number of likely N-dealkylation sites (N-methyl/N-ethyl adjacent to an activating group) is 1. The van der Waals surface area contributed by atoms with E-state index in [0.29, 0.717) is 6.54 Å². The monoisotopic (exact) mass is 498 g/mol. The summed E-state index contributed by atoms with van der Waals surface area (Å²) < 4.78 is 69.8. The van der Waals surface area contributed by atoms with Crippen molar-refractivity contribution in [3.05, 3.63) is 59.9 Å². The predicted octanol–water partition coefficient (Wildman–Crippen LogP) is 2.45. The van der Waals surface area contributed by atoms with E-state index in [1.54, 1.807) is 7.11 Å². The van der Waals surface area contributed by atoms with Crippen LogP contribution in [-0.4, -0.2) is 71.3 Å². The maximum absolute atomic E-state index is 13.3. The average molecular weight is 499 g/mol. The summed E-state index contributed by atoms with van der Waals surface area (Å²) in [5, 5.41) is 2.11. The van der Waals surface area contributed by atoms with Crippen LogP contribution in [0.3, 0.4) is 0 Å². The third-order valence-electron chi connectivity index (χ3n) is 6.17. The van der Waals surface area contributed by atoms with Crippen molar-refractivity contribution in [2.45, 2.75) is 36.1 Å². The molecular formula is C23H31FN2O5S2. The zero-order valence-corrected chi connectivity index (χ0v) is 20.7. The number of methoxy groups -OCH3 is 1. The highest BCUT2D eigenvalue weighted by Crippen LogP contribution is 2.28. The van der Waals surface area contributed by atoms with Gasteiger partial charge in [-0.05, 0) is 55.1 Å². The zero-order chi connectivity index (χ0) is 24.2. The Morgan fingerprint density at radius 2 is 1.67 bits per heavy atom. The molecule has 182 valence electrons. The van der Waals surface area contributed by atoms with Crippen molar-refractivity contribution < 1.29 is 26.0 Å². The molecule has 10 heteroatoms. The molecule has 33 heavy (non-hydrogen) atoms. The number of halogens is 1. The van der Waals surface area contributed by atoms with Gasteiger partial charge >= 0.3 is 0 Å². The second kappa shape index (κ2) is 10.5. The Bertz CT molecular complexity index is 1130. The second-order valence-electron chi connectivity index (χ2n) is 8.14. The van der Waals surface area contributed by atoms with E-state index in [2.05, 4.69) is 10.2 Å². The molecule has 1 saturated heterocycles. The SMILES string of the molecule is CCN(CC)C(CN[C@H]1CS(=O)(=O)C[C@@H]1S(=O)(=O)c1ccc(F)cc1)c1ccc(OC)cc1. The van der Waals surface area contributed by atoms with E-state index in [1.165, 1.54) is 12.1 Å². The number of hydrogen-bond donors (Lipinski definition) is 1. The van der Waals surface area contributed by atoms with Gasteiger partial charge in [0.15, 0.2) is 19.7 Å². The first-order valence-electron chi connectivity index (χ1n) is 10.9. The van der Waals surface area contributed by atoms with Gasteiger partial charge in [-0.2, -0.15) is 0 Å². The largest absolute Gasteiger partial charge is 0.497 e. The lowest BCUT2D eigenvalue weighted by atomic mass is 10.0. The summed E-state index contributed by atoms with van der Waals surface area (Å²) in [6.45, 7) is 6.01. The van der Waals surface area contributed by atoms with Gasteiger partial charge in [-0.3, -0.25) is 4.90 Å². The summed E-state index contributed by atoms with van der Waals surface area (Å²) in [4.78, 5) is 2.15. The Kier molecular flexibility index (Phi) is 8.15. The van der Waals surface area contributed by atoms with E-state index in [-0.39, 0.29) is 16.7 Å². The number of nitrogens with zero attached hydrogens (tertiary/aromatic N) is 1. The molecule has 1 unspecified atom stereocenters. The number of sulfone groups is 2. The van der Waals surface area contributed by atoms with Crippen LogP contribution in [0.25, 0.3) is 0 Å². The number of nitrogens with one attached hydrogen (secondary N) is 1. The first-order valence-corrected chi connectivity index (χ1v) is 14.3. The molecular weight excluding hydrogens is 467 g/mol. The van der Waals surface area contributed by atoms with Crippen molar-refractivity contribution >= 4 is 19.7 Å². The first kappa shape index (κ1) is 25.6. The fraction of sp³-hybridized carbons (Fsp3) is 0.478. The average Bonchev–Trinajstić information content (AvgIpc) is 3.12. The van der Waals surface area contributed by atoms with Crippen LogP contribution in [0, 0.1) is 5.82 Å². The lowest BCUT2D eigenvalue weighted by Crippen LogP contribution is -2.47. The maximum atomic E-state index is 13.3. The molecule has 3 atom stereocenters. The Balaban J connectivity index is 1.86. The highest BCUT2D eigenvalue weighted by molar-refractivity contribution is 7.96. The van der Waals surface area contributed by atoms with Crippen molar-refractivity contribution in [2.75, 3.05) is 38.2 Å². The lowest BCUT2D eigenvalue weighted by molar-refractivity contribution is 0.209. The summed E-state index contributed by atoms with van der Waals surface area (Å²) in [6, 6.07) is 11.3. The Morgan fingerprint density at radius 3 is 2.21 bits per heavy atom. The molecule has 0 saturated carbocycles. The fourth-order valence-corrected chi connectivity index (χ4v) is 9.04. The predicted molar refractivity (Wildman–Crippen MR) is 126 cm³/mol. The fourth-order valence-electron chi connectivity index (χ4n) is 4.32. The van der Waals surface area contributed by atoms with Gasteiger partial charge in [0.05, 0.1) is 28.8 Å². The number of benzene rings is 2. The molecule has 0 spiro atoms. The van der Waals surface area contributed by atoms with E-state index < -0.39 is 42.5 Å². The lowest BCUT2D eigenvalue weighted by Gasteiger charge is -2.32. The molecule has 0 aromatic heterocycles. The van der Waals surface area contributed by atoms with Crippen LogP contribution >= 0.6 is 0 Å². The number of hydrogen-bond acceptors (Lipinski definition) is 7. The van der Waals surface area contributed by atoms with Gasteiger partial charge in [0.2, 0.25) is 0 Å². The molecule has 1 fully saturated rings. The molecule has 0 radical (unpaired) electrons. The van der Waals surface area contributed by atoms with Crippen LogP contribution in [0.15, 0.2) is 53.4 Å². The van der Waals surface area contributed by atoms with Gasteiger partial charge in [-0.1, -0.05) is 26.0 Å².